The predicted molar refractivity (Wildman–Crippen MR) is 131 cm³/mol. The fraction of sp³-hybridized carbons (Fsp3) is 0.375. The van der Waals surface area contributed by atoms with E-state index in [1.54, 1.807) is 0 Å². The molecule has 0 spiro atoms. The molecule has 0 saturated heterocycles. The number of nitrogens with one attached hydrogen (secondary N) is 1. The molecule has 0 saturated carbocycles. The summed E-state index contributed by atoms with van der Waals surface area (Å²) in [5, 5.41) is 3.52. The molecule has 1 unspecified atom stereocenters. The molecule has 1 aliphatic rings. The fourth-order valence-electron chi connectivity index (χ4n) is 3.94. The highest BCUT2D eigenvalue weighted by molar-refractivity contribution is 7.79. The molecule has 0 aliphatic carbocycles. The minimum Gasteiger partial charge on any atom is -0.726 e. The molecular formula is C24H31ClN2O4S. The Bertz CT molecular complexity index is 1120. The first-order valence-corrected chi connectivity index (χ1v) is 12.2. The molecule has 0 fully saturated rings. The number of hydrogen-bond donors (Lipinski definition) is 2. The maximum atomic E-state index is 8.63. The number of para-hydroxylation sites is 1. The van der Waals surface area contributed by atoms with Crippen LogP contribution in [-0.2, 0) is 15.8 Å². The maximum absolute atomic E-state index is 8.63. The topological polar surface area (TPSA) is 92.5 Å². The van der Waals surface area contributed by atoms with Crippen LogP contribution < -0.4 is 5.32 Å². The van der Waals surface area contributed by atoms with Crippen molar-refractivity contribution in [3.05, 3.63) is 65.2 Å². The second-order valence-corrected chi connectivity index (χ2v) is 9.68. The SMILES string of the molecule is Cc1cc(NC(C)CCCl)ccc1/C=C/C1=[N+](C)c2ccccc2C1(C)C.O=S(=O)([O-])O. The molecule has 2 aromatic carbocycles. The van der Waals surface area contributed by atoms with Crippen LogP contribution in [0.1, 0.15) is 43.9 Å². The standard InChI is InChI=1S/C24H29ClN2.H2O4S/c1-17-16-20(26-18(2)14-15-25)12-10-19(17)11-13-23-24(3,4)21-8-6-7-9-22(21)27(23)5;1-5(2,3)4/h6-13,16,18H,14-15H2,1-5H3;(H2,1,2,3,4). The summed E-state index contributed by atoms with van der Waals surface area (Å²) in [7, 11) is -2.76. The van der Waals surface area contributed by atoms with Gasteiger partial charge in [0, 0.05) is 35.3 Å². The number of aryl methyl sites for hydroxylation is 1. The average molecular weight is 479 g/mol. The lowest BCUT2D eigenvalue weighted by Gasteiger charge is -2.16. The maximum Gasteiger partial charge on any atom is 0.215 e. The first kappa shape index (κ1) is 26.1. The van der Waals surface area contributed by atoms with Gasteiger partial charge in [-0.25, -0.2) is 8.42 Å². The minimum absolute atomic E-state index is 0.00817. The van der Waals surface area contributed by atoms with Crippen LogP contribution in [0.15, 0.2) is 48.5 Å². The third kappa shape index (κ3) is 6.90. The van der Waals surface area contributed by atoms with Crippen LogP contribution >= 0.6 is 11.6 Å². The molecule has 1 atom stereocenters. The largest absolute Gasteiger partial charge is 0.726 e. The van der Waals surface area contributed by atoms with E-state index >= 15 is 0 Å². The zero-order valence-corrected chi connectivity index (χ0v) is 20.7. The number of rotatable bonds is 6. The summed E-state index contributed by atoms with van der Waals surface area (Å²) in [4.78, 5) is 0. The molecule has 1 heterocycles. The molecule has 0 radical (unpaired) electrons. The Hall–Kier alpha value is -2.19. The summed E-state index contributed by atoms with van der Waals surface area (Å²) in [6.07, 6.45) is 5.47. The van der Waals surface area contributed by atoms with Crippen molar-refractivity contribution < 1.29 is 22.1 Å². The van der Waals surface area contributed by atoms with Crippen molar-refractivity contribution in [2.24, 2.45) is 0 Å². The van der Waals surface area contributed by atoms with E-state index in [0.717, 1.165) is 12.1 Å². The zero-order chi connectivity index (χ0) is 24.1. The summed E-state index contributed by atoms with van der Waals surface area (Å²) in [5.74, 6) is 0.679. The van der Waals surface area contributed by atoms with Gasteiger partial charge in [0.15, 0.2) is 5.71 Å². The van der Waals surface area contributed by atoms with E-state index < -0.39 is 10.4 Å². The highest BCUT2D eigenvalue weighted by Crippen LogP contribution is 2.39. The van der Waals surface area contributed by atoms with Gasteiger partial charge in [0.1, 0.15) is 7.05 Å². The molecule has 1 aliphatic heterocycles. The van der Waals surface area contributed by atoms with Crippen LogP contribution in [0.3, 0.4) is 0 Å². The lowest BCUT2D eigenvalue weighted by atomic mass is 9.81. The van der Waals surface area contributed by atoms with Crippen molar-refractivity contribution in [2.45, 2.75) is 45.6 Å². The molecule has 0 bridgehead atoms. The number of halogens is 1. The first-order chi connectivity index (χ1) is 14.8. The lowest BCUT2D eigenvalue weighted by Crippen LogP contribution is -2.26. The number of hydrogen-bond acceptors (Lipinski definition) is 4. The van der Waals surface area contributed by atoms with Crippen molar-refractivity contribution in [1.82, 2.24) is 0 Å². The van der Waals surface area contributed by atoms with Gasteiger partial charge >= 0.3 is 0 Å². The van der Waals surface area contributed by atoms with Gasteiger partial charge in [-0.15, -0.1) is 11.6 Å². The van der Waals surface area contributed by atoms with Gasteiger partial charge in [-0.1, -0.05) is 24.3 Å². The Morgan fingerprint density at radius 2 is 1.84 bits per heavy atom. The number of alkyl halides is 1. The summed E-state index contributed by atoms with van der Waals surface area (Å²) < 4.78 is 35.1. The molecule has 174 valence electrons. The second-order valence-electron chi connectivity index (χ2n) is 8.44. The summed E-state index contributed by atoms with van der Waals surface area (Å²) in [6.45, 7) is 8.93. The predicted octanol–water partition coefficient (Wildman–Crippen LogP) is 5.15. The molecule has 2 N–H and O–H groups in total. The molecule has 0 amide bonds. The third-order valence-electron chi connectivity index (χ3n) is 5.59. The Morgan fingerprint density at radius 3 is 2.41 bits per heavy atom. The van der Waals surface area contributed by atoms with E-state index in [-0.39, 0.29) is 5.41 Å². The van der Waals surface area contributed by atoms with Crippen molar-refractivity contribution >= 4 is 45.2 Å². The number of allylic oxidation sites excluding steroid dienone is 1. The summed E-state index contributed by atoms with van der Waals surface area (Å²) in [6, 6.07) is 15.6. The lowest BCUT2D eigenvalue weighted by molar-refractivity contribution is -0.401. The average Bonchev–Trinajstić information content (AvgIpc) is 2.86. The van der Waals surface area contributed by atoms with Gasteiger partial charge in [0.2, 0.25) is 16.1 Å². The van der Waals surface area contributed by atoms with Crippen molar-refractivity contribution in [3.63, 3.8) is 0 Å². The normalized spacial score (nSPS) is 15.9. The Labute approximate surface area is 196 Å². The van der Waals surface area contributed by atoms with E-state index in [1.165, 1.54) is 28.1 Å². The first-order valence-electron chi connectivity index (χ1n) is 10.3. The molecule has 8 heteroatoms. The van der Waals surface area contributed by atoms with Crippen molar-refractivity contribution in [3.8, 4) is 0 Å². The fourth-order valence-corrected chi connectivity index (χ4v) is 4.27. The molecule has 2 aromatic rings. The Kier molecular flexibility index (Phi) is 8.65. The van der Waals surface area contributed by atoms with E-state index in [4.69, 9.17) is 29.1 Å². The van der Waals surface area contributed by atoms with Crippen molar-refractivity contribution in [1.29, 1.82) is 0 Å². The highest BCUT2D eigenvalue weighted by atomic mass is 35.5. The van der Waals surface area contributed by atoms with Crippen LogP contribution in [-0.4, -0.2) is 46.8 Å². The molecule has 32 heavy (non-hydrogen) atoms. The zero-order valence-electron chi connectivity index (χ0n) is 19.1. The van der Waals surface area contributed by atoms with Crippen LogP contribution in [0.25, 0.3) is 6.08 Å². The summed E-state index contributed by atoms with van der Waals surface area (Å²) in [5.41, 5.74) is 7.68. The van der Waals surface area contributed by atoms with E-state index in [2.05, 4.69) is 99.3 Å². The van der Waals surface area contributed by atoms with Crippen LogP contribution in [0.4, 0.5) is 11.4 Å². The van der Waals surface area contributed by atoms with Gasteiger partial charge in [-0.3, -0.25) is 4.55 Å². The van der Waals surface area contributed by atoms with E-state index in [1.807, 2.05) is 0 Å². The number of benzene rings is 2. The van der Waals surface area contributed by atoms with Crippen LogP contribution in [0.2, 0.25) is 0 Å². The monoisotopic (exact) mass is 478 g/mol. The second kappa shape index (κ2) is 10.6. The van der Waals surface area contributed by atoms with E-state index in [0.29, 0.717) is 11.9 Å². The molecule has 3 rings (SSSR count). The molecular weight excluding hydrogens is 448 g/mol. The quantitative estimate of drug-likeness (QED) is 0.259. The van der Waals surface area contributed by atoms with E-state index in [9.17, 15) is 0 Å². The highest BCUT2D eigenvalue weighted by Gasteiger charge is 2.42. The van der Waals surface area contributed by atoms with Gasteiger partial charge < -0.3 is 9.87 Å². The van der Waals surface area contributed by atoms with Gasteiger partial charge in [0.25, 0.3) is 0 Å². The van der Waals surface area contributed by atoms with Crippen LogP contribution in [0, 0.1) is 6.92 Å². The van der Waals surface area contributed by atoms with Crippen LogP contribution in [0.5, 0.6) is 0 Å². The minimum atomic E-state index is -4.92. The third-order valence-corrected chi connectivity index (χ3v) is 5.80. The number of fused-ring (bicyclic) bond motifs is 1. The Balaban J connectivity index is 0.000000654. The molecule has 6 nitrogen and oxygen atoms in total. The van der Waals surface area contributed by atoms with Gasteiger partial charge in [0.05, 0.1) is 5.41 Å². The van der Waals surface area contributed by atoms with Crippen molar-refractivity contribution in [2.75, 3.05) is 18.2 Å². The molecule has 0 aromatic heterocycles. The number of nitrogens with zero attached hydrogens (tertiary/aromatic N) is 1. The smallest absolute Gasteiger partial charge is 0.215 e. The number of anilines is 1. The Morgan fingerprint density at radius 1 is 1.22 bits per heavy atom. The summed E-state index contributed by atoms with van der Waals surface area (Å²) >= 11 is 5.84. The van der Waals surface area contributed by atoms with Gasteiger partial charge in [-0.05, 0) is 63.5 Å². The van der Waals surface area contributed by atoms with Gasteiger partial charge in [-0.2, -0.15) is 4.58 Å².